The van der Waals surface area contributed by atoms with Gasteiger partial charge in [0, 0.05) is 5.02 Å². The summed E-state index contributed by atoms with van der Waals surface area (Å²) in [5.41, 5.74) is 0.667. The van der Waals surface area contributed by atoms with Crippen molar-refractivity contribution >= 4 is 41.0 Å². The molecule has 8 heteroatoms. The van der Waals surface area contributed by atoms with Gasteiger partial charge in [-0.3, -0.25) is 9.59 Å². The van der Waals surface area contributed by atoms with E-state index in [1.54, 1.807) is 24.3 Å². The number of ether oxygens (including phenoxy) is 2. The van der Waals surface area contributed by atoms with Gasteiger partial charge in [-0.05, 0) is 49.4 Å². The Morgan fingerprint density at radius 1 is 1.00 bits per heavy atom. The predicted molar refractivity (Wildman–Crippen MR) is 95.9 cm³/mol. The number of anilines is 1. The van der Waals surface area contributed by atoms with Crippen molar-refractivity contribution in [2.24, 2.45) is 0 Å². The summed E-state index contributed by atoms with van der Waals surface area (Å²) < 4.78 is 9.49. The van der Waals surface area contributed by atoms with Crippen LogP contribution in [0.2, 0.25) is 5.02 Å². The number of halogens is 1. The van der Waals surface area contributed by atoms with E-state index in [4.69, 9.17) is 16.3 Å². The Morgan fingerprint density at radius 2 is 1.63 bits per heavy atom. The molecule has 1 unspecified atom stereocenters. The second kappa shape index (κ2) is 7.20. The fourth-order valence-corrected chi connectivity index (χ4v) is 2.76. The van der Waals surface area contributed by atoms with Crippen molar-refractivity contribution < 1.29 is 28.7 Å². The number of esters is 2. The molecule has 2 aromatic rings. The number of benzene rings is 2. The highest BCUT2D eigenvalue weighted by Gasteiger charge is 2.37. The molecule has 1 heterocycles. The van der Waals surface area contributed by atoms with E-state index in [1.165, 1.54) is 32.2 Å². The highest BCUT2D eigenvalue weighted by molar-refractivity contribution is 6.35. The van der Waals surface area contributed by atoms with Crippen molar-refractivity contribution in [2.45, 2.75) is 13.0 Å². The lowest BCUT2D eigenvalue weighted by atomic mass is 10.1. The summed E-state index contributed by atoms with van der Waals surface area (Å²) in [5.74, 6) is -2.57. The molecule has 0 radical (unpaired) electrons. The van der Waals surface area contributed by atoms with Crippen LogP contribution in [0.25, 0.3) is 0 Å². The first-order valence-corrected chi connectivity index (χ1v) is 8.28. The van der Waals surface area contributed by atoms with Gasteiger partial charge in [0.05, 0.1) is 29.5 Å². The Balaban J connectivity index is 1.88. The van der Waals surface area contributed by atoms with E-state index < -0.39 is 29.9 Å². The largest absolute Gasteiger partial charge is 0.466 e. The quantitative estimate of drug-likeness (QED) is 0.592. The maximum atomic E-state index is 12.7. The smallest absolute Gasteiger partial charge is 0.346 e. The molecule has 0 saturated heterocycles. The van der Waals surface area contributed by atoms with Crippen LogP contribution >= 0.6 is 11.6 Å². The lowest BCUT2D eigenvalue weighted by Crippen LogP contribution is -2.29. The molecule has 7 nitrogen and oxygen atoms in total. The normalized spacial score (nSPS) is 14.0. The lowest BCUT2D eigenvalue weighted by Gasteiger charge is -2.13. The van der Waals surface area contributed by atoms with Gasteiger partial charge in [0.25, 0.3) is 11.8 Å². The molecule has 1 aliphatic heterocycles. The van der Waals surface area contributed by atoms with Gasteiger partial charge in [0.15, 0.2) is 6.10 Å². The van der Waals surface area contributed by atoms with Gasteiger partial charge < -0.3 is 9.47 Å². The molecule has 0 spiro atoms. The molecule has 138 valence electrons. The maximum Gasteiger partial charge on any atom is 0.346 e. The summed E-state index contributed by atoms with van der Waals surface area (Å²) >= 11 is 5.84. The average molecular weight is 388 g/mol. The molecule has 1 aliphatic rings. The summed E-state index contributed by atoms with van der Waals surface area (Å²) in [6.45, 7) is 1.37. The molecule has 0 N–H and O–H groups in total. The van der Waals surface area contributed by atoms with E-state index >= 15 is 0 Å². The van der Waals surface area contributed by atoms with E-state index in [-0.39, 0.29) is 16.7 Å². The number of hydrogen-bond donors (Lipinski definition) is 0. The van der Waals surface area contributed by atoms with Crippen molar-refractivity contribution in [1.29, 1.82) is 0 Å². The Morgan fingerprint density at radius 3 is 2.26 bits per heavy atom. The average Bonchev–Trinajstić information content (AvgIpc) is 2.92. The number of imide groups is 1. The van der Waals surface area contributed by atoms with Gasteiger partial charge in [0.1, 0.15) is 0 Å². The van der Waals surface area contributed by atoms with Crippen molar-refractivity contribution in [3.8, 4) is 0 Å². The third kappa shape index (κ3) is 3.41. The van der Waals surface area contributed by atoms with Crippen LogP contribution in [0.1, 0.15) is 38.0 Å². The van der Waals surface area contributed by atoms with Crippen LogP contribution in [0.3, 0.4) is 0 Å². The van der Waals surface area contributed by atoms with Gasteiger partial charge in [-0.2, -0.15) is 0 Å². The van der Waals surface area contributed by atoms with E-state index in [2.05, 4.69) is 4.74 Å². The zero-order valence-corrected chi connectivity index (χ0v) is 15.1. The molecule has 2 amide bonds. The molecule has 2 aromatic carbocycles. The van der Waals surface area contributed by atoms with Crippen LogP contribution in [0, 0.1) is 0 Å². The third-order valence-corrected chi connectivity index (χ3v) is 4.28. The van der Waals surface area contributed by atoms with Gasteiger partial charge in [0.2, 0.25) is 0 Å². The summed E-state index contributed by atoms with van der Waals surface area (Å²) in [5, 5.41) is 0.472. The number of methoxy groups -OCH3 is 1. The fourth-order valence-electron chi connectivity index (χ4n) is 2.64. The van der Waals surface area contributed by atoms with Gasteiger partial charge in [-0.1, -0.05) is 11.6 Å². The highest BCUT2D eigenvalue weighted by Crippen LogP contribution is 2.30. The molecule has 0 bridgehead atoms. The minimum absolute atomic E-state index is 0.0450. The number of amides is 2. The number of fused-ring (bicyclic) bond motifs is 1. The molecule has 0 saturated carbocycles. The molecule has 1 atom stereocenters. The number of hydrogen-bond acceptors (Lipinski definition) is 6. The molecular weight excluding hydrogens is 374 g/mol. The zero-order chi connectivity index (χ0) is 19.7. The SMILES string of the molecule is COC(=O)C(C)OC(=O)c1ccc2c(c1)C(=O)N(c1ccc(Cl)cc1)C2=O. The number of carbonyl (C=O) groups is 4. The zero-order valence-electron chi connectivity index (χ0n) is 14.4. The van der Waals surface area contributed by atoms with Gasteiger partial charge in [-0.15, -0.1) is 0 Å². The minimum Gasteiger partial charge on any atom is -0.466 e. The molecule has 27 heavy (non-hydrogen) atoms. The maximum absolute atomic E-state index is 12.7. The Hall–Kier alpha value is -3.19. The number of carbonyl (C=O) groups excluding carboxylic acids is 4. The first-order valence-electron chi connectivity index (χ1n) is 7.90. The standard InChI is InChI=1S/C19H14ClNO6/c1-10(18(24)26-2)27-19(25)11-3-8-14-15(9-11)17(23)21(16(14)22)13-6-4-12(20)5-7-13/h3-10H,1-2H3. The van der Waals surface area contributed by atoms with Crippen LogP contribution in [-0.2, 0) is 14.3 Å². The monoisotopic (exact) mass is 387 g/mol. The van der Waals surface area contributed by atoms with Crippen LogP contribution in [0.5, 0.6) is 0 Å². The molecule has 0 aliphatic carbocycles. The lowest BCUT2D eigenvalue weighted by molar-refractivity contribution is -0.149. The third-order valence-electron chi connectivity index (χ3n) is 4.02. The predicted octanol–water partition coefficient (Wildman–Crippen LogP) is 2.86. The van der Waals surface area contributed by atoms with Crippen molar-refractivity contribution in [2.75, 3.05) is 12.0 Å². The first kappa shape index (κ1) is 18.6. The van der Waals surface area contributed by atoms with E-state index in [1.807, 2.05) is 0 Å². The Labute approximate surface area is 159 Å². The number of nitrogens with zero attached hydrogens (tertiary/aromatic N) is 1. The molecule has 3 rings (SSSR count). The summed E-state index contributed by atoms with van der Waals surface area (Å²) in [6.07, 6.45) is -1.10. The second-order valence-corrected chi connectivity index (χ2v) is 6.19. The van der Waals surface area contributed by atoms with Crippen molar-refractivity contribution in [3.63, 3.8) is 0 Å². The van der Waals surface area contributed by atoms with E-state index in [0.29, 0.717) is 10.7 Å². The summed E-state index contributed by atoms with van der Waals surface area (Å²) in [6, 6.07) is 10.3. The Kier molecular flexibility index (Phi) is 4.96. The van der Waals surface area contributed by atoms with E-state index in [9.17, 15) is 19.2 Å². The van der Waals surface area contributed by atoms with Gasteiger partial charge >= 0.3 is 11.9 Å². The molecule has 0 fully saturated rings. The van der Waals surface area contributed by atoms with Crippen molar-refractivity contribution in [1.82, 2.24) is 0 Å². The fraction of sp³-hybridized carbons (Fsp3) is 0.158. The topological polar surface area (TPSA) is 90.0 Å². The first-order chi connectivity index (χ1) is 12.8. The van der Waals surface area contributed by atoms with Crippen LogP contribution in [-0.4, -0.2) is 37.0 Å². The molecular formula is C19H14ClNO6. The van der Waals surface area contributed by atoms with Crippen LogP contribution < -0.4 is 4.90 Å². The van der Waals surface area contributed by atoms with Gasteiger partial charge in [-0.25, -0.2) is 14.5 Å². The molecule has 0 aromatic heterocycles. The second-order valence-electron chi connectivity index (χ2n) is 5.75. The number of rotatable bonds is 4. The highest BCUT2D eigenvalue weighted by atomic mass is 35.5. The minimum atomic E-state index is -1.10. The van der Waals surface area contributed by atoms with Crippen molar-refractivity contribution in [3.05, 3.63) is 64.2 Å². The van der Waals surface area contributed by atoms with Crippen LogP contribution in [0.15, 0.2) is 42.5 Å². The Bertz CT molecular complexity index is 953. The van der Waals surface area contributed by atoms with Crippen LogP contribution in [0.4, 0.5) is 5.69 Å². The van der Waals surface area contributed by atoms with E-state index in [0.717, 1.165) is 4.90 Å². The summed E-state index contributed by atoms with van der Waals surface area (Å²) in [7, 11) is 1.18. The summed E-state index contributed by atoms with van der Waals surface area (Å²) in [4.78, 5) is 49.8.